The van der Waals surface area contributed by atoms with Crippen molar-refractivity contribution in [1.29, 1.82) is 0 Å². The minimum absolute atomic E-state index is 0.0105. The lowest BCUT2D eigenvalue weighted by molar-refractivity contribution is -0.136. The monoisotopic (exact) mass is 403 g/mol. The quantitative estimate of drug-likeness (QED) is 0.591. The second-order valence-corrected chi connectivity index (χ2v) is 8.13. The fourth-order valence-corrected chi connectivity index (χ4v) is 4.10. The average molecular weight is 403 g/mol. The zero-order chi connectivity index (χ0) is 20.4. The van der Waals surface area contributed by atoms with Crippen LogP contribution in [-0.4, -0.2) is 67.3 Å². The highest BCUT2D eigenvalue weighted by atomic mass is 32.2. The molecule has 0 saturated carbocycles. The molecule has 0 aromatic rings. The first-order chi connectivity index (χ1) is 12.6. The van der Waals surface area contributed by atoms with Crippen LogP contribution in [0.15, 0.2) is 23.0 Å². The molecule has 2 aliphatic heterocycles. The molecular weight excluding hydrogens is 376 g/mol. The van der Waals surface area contributed by atoms with Crippen molar-refractivity contribution < 1.29 is 18.4 Å². The number of hydrogen-bond donors (Lipinski definition) is 3. The summed E-state index contributed by atoms with van der Waals surface area (Å²) in [4.78, 5) is 28.3. The van der Waals surface area contributed by atoms with Gasteiger partial charge >= 0.3 is 0 Å². The van der Waals surface area contributed by atoms with Gasteiger partial charge in [-0.1, -0.05) is 13.8 Å². The molecule has 2 rings (SSSR count). The number of likely N-dealkylation sites (tertiary alicyclic amines) is 1. The molecule has 0 aromatic heterocycles. The molecule has 152 valence electrons. The fraction of sp³-hybridized carbons (Fsp3) is 0.647. The van der Waals surface area contributed by atoms with Crippen LogP contribution < -0.4 is 16.0 Å². The summed E-state index contributed by atoms with van der Waals surface area (Å²) in [6, 6.07) is 0. The van der Waals surface area contributed by atoms with Gasteiger partial charge in [0.15, 0.2) is 0 Å². The Bertz CT molecular complexity index is 653. The number of halogens is 2. The van der Waals surface area contributed by atoms with E-state index < -0.39 is 29.3 Å². The summed E-state index contributed by atoms with van der Waals surface area (Å²) in [6.07, 6.45) is -0.805. The second kappa shape index (κ2) is 8.47. The van der Waals surface area contributed by atoms with Gasteiger partial charge in [0.25, 0.3) is 12.3 Å². The topological polar surface area (TPSA) is 76.7 Å². The third kappa shape index (κ3) is 4.37. The van der Waals surface area contributed by atoms with Crippen LogP contribution in [-0.2, 0) is 9.59 Å². The molecule has 27 heavy (non-hydrogen) atoms. The van der Waals surface area contributed by atoms with Crippen LogP contribution in [0.5, 0.6) is 0 Å². The lowest BCUT2D eigenvalue weighted by Crippen LogP contribution is -2.52. The molecule has 0 aliphatic carbocycles. The van der Waals surface area contributed by atoms with E-state index in [1.165, 1.54) is 17.4 Å². The van der Waals surface area contributed by atoms with Crippen molar-refractivity contribution in [2.24, 2.45) is 5.41 Å². The van der Waals surface area contributed by atoms with E-state index in [2.05, 4.69) is 16.0 Å². The standard InChI is InChI=1S/C17H27F2N5O2S/c1-17(2)6-7-24(16(17)26)13(21-4)10(8-20-3)22-14(25)11-9-27-15(12(18)19)23(11)5/h8-9,12-13,15,20-21H,6-7H2,1-5H3,(H,22,25)/b10-8+. The lowest BCUT2D eigenvalue weighted by atomic mass is 9.92. The first kappa shape index (κ1) is 21.5. The highest BCUT2D eigenvalue weighted by molar-refractivity contribution is 8.03. The zero-order valence-electron chi connectivity index (χ0n) is 16.2. The number of rotatable bonds is 7. The van der Waals surface area contributed by atoms with Gasteiger partial charge in [-0.2, -0.15) is 0 Å². The number of nitrogens with zero attached hydrogens (tertiary/aromatic N) is 2. The van der Waals surface area contributed by atoms with Crippen LogP contribution in [0.3, 0.4) is 0 Å². The summed E-state index contributed by atoms with van der Waals surface area (Å²) in [5.74, 6) is -0.510. The summed E-state index contributed by atoms with van der Waals surface area (Å²) in [7, 11) is 4.84. The number of alkyl halides is 2. The van der Waals surface area contributed by atoms with Gasteiger partial charge in [0.05, 0.1) is 5.70 Å². The van der Waals surface area contributed by atoms with E-state index in [0.29, 0.717) is 18.7 Å². The van der Waals surface area contributed by atoms with Crippen LogP contribution in [0.25, 0.3) is 0 Å². The minimum Gasteiger partial charge on any atom is -0.392 e. The van der Waals surface area contributed by atoms with Gasteiger partial charge < -0.3 is 20.4 Å². The van der Waals surface area contributed by atoms with Crippen LogP contribution in [0.2, 0.25) is 0 Å². The average Bonchev–Trinajstić information content (AvgIpc) is 3.10. The number of amides is 2. The number of hydrogen-bond acceptors (Lipinski definition) is 6. The van der Waals surface area contributed by atoms with Crippen molar-refractivity contribution in [2.75, 3.05) is 27.7 Å². The van der Waals surface area contributed by atoms with E-state index in [1.807, 2.05) is 13.8 Å². The lowest BCUT2D eigenvalue weighted by Gasteiger charge is -2.31. The molecule has 7 nitrogen and oxygen atoms in total. The molecule has 2 atom stereocenters. The van der Waals surface area contributed by atoms with Crippen molar-refractivity contribution in [1.82, 2.24) is 25.8 Å². The van der Waals surface area contributed by atoms with Crippen molar-refractivity contribution in [3.8, 4) is 0 Å². The summed E-state index contributed by atoms with van der Waals surface area (Å²) in [5.41, 5.74) is 0.144. The maximum atomic E-state index is 13.0. The Morgan fingerprint density at radius 3 is 2.52 bits per heavy atom. The first-order valence-corrected chi connectivity index (χ1v) is 9.62. The van der Waals surface area contributed by atoms with E-state index in [-0.39, 0.29) is 11.6 Å². The van der Waals surface area contributed by atoms with E-state index in [0.717, 1.165) is 11.8 Å². The highest BCUT2D eigenvalue weighted by Gasteiger charge is 2.43. The SMILES string of the molecule is CN/C=C(/NC(=O)C1=CSC(C(F)F)N1C)C(NC)N1CCC(C)(C)C1=O. The summed E-state index contributed by atoms with van der Waals surface area (Å²) in [5, 5.41) is 9.03. The predicted octanol–water partition coefficient (Wildman–Crippen LogP) is 1.08. The van der Waals surface area contributed by atoms with Crippen molar-refractivity contribution in [3.63, 3.8) is 0 Å². The Balaban J connectivity index is 2.17. The Hall–Kier alpha value is -1.81. The smallest absolute Gasteiger partial charge is 0.272 e. The number of carbonyl (C=O) groups excluding carboxylic acids is 2. The van der Waals surface area contributed by atoms with E-state index in [1.54, 1.807) is 25.2 Å². The number of nitrogens with one attached hydrogen (secondary N) is 3. The van der Waals surface area contributed by atoms with E-state index in [9.17, 15) is 18.4 Å². The van der Waals surface area contributed by atoms with Gasteiger partial charge in [0.2, 0.25) is 5.91 Å². The summed E-state index contributed by atoms with van der Waals surface area (Å²) in [6.45, 7) is 4.34. The molecular formula is C17H27F2N5O2S. The minimum atomic E-state index is -2.57. The molecule has 0 spiro atoms. The second-order valence-electron chi connectivity index (χ2n) is 7.14. The summed E-state index contributed by atoms with van der Waals surface area (Å²) < 4.78 is 26.0. The third-order valence-electron chi connectivity index (χ3n) is 4.78. The first-order valence-electron chi connectivity index (χ1n) is 8.67. The van der Waals surface area contributed by atoms with Gasteiger partial charge in [-0.05, 0) is 13.5 Å². The Labute approximate surface area is 162 Å². The Morgan fingerprint density at radius 1 is 1.41 bits per heavy atom. The molecule has 0 aromatic carbocycles. The maximum absolute atomic E-state index is 13.0. The predicted molar refractivity (Wildman–Crippen MR) is 101 cm³/mol. The van der Waals surface area contributed by atoms with Gasteiger partial charge in [0.1, 0.15) is 17.2 Å². The van der Waals surface area contributed by atoms with Crippen molar-refractivity contribution >= 4 is 23.6 Å². The van der Waals surface area contributed by atoms with E-state index in [4.69, 9.17) is 0 Å². The number of carbonyl (C=O) groups is 2. The molecule has 1 fully saturated rings. The Kier molecular flexibility index (Phi) is 6.74. The zero-order valence-corrected chi connectivity index (χ0v) is 17.0. The van der Waals surface area contributed by atoms with Crippen LogP contribution in [0.1, 0.15) is 20.3 Å². The highest BCUT2D eigenvalue weighted by Crippen LogP contribution is 2.34. The van der Waals surface area contributed by atoms with Crippen LogP contribution in [0.4, 0.5) is 8.78 Å². The molecule has 1 saturated heterocycles. The molecule has 3 N–H and O–H groups in total. The number of likely N-dealkylation sites (N-methyl/N-ethyl adjacent to an activating group) is 2. The van der Waals surface area contributed by atoms with Gasteiger partial charge in [-0.3, -0.25) is 14.9 Å². The molecule has 2 heterocycles. The molecule has 0 radical (unpaired) electrons. The number of thioether (sulfide) groups is 1. The summed E-state index contributed by atoms with van der Waals surface area (Å²) >= 11 is 0.913. The van der Waals surface area contributed by atoms with Crippen molar-refractivity contribution in [2.45, 2.75) is 38.2 Å². The Morgan fingerprint density at radius 2 is 2.07 bits per heavy atom. The largest absolute Gasteiger partial charge is 0.392 e. The van der Waals surface area contributed by atoms with E-state index >= 15 is 0 Å². The molecule has 2 aliphatic rings. The molecule has 2 unspecified atom stereocenters. The molecule has 2 amide bonds. The fourth-order valence-electron chi connectivity index (χ4n) is 3.14. The van der Waals surface area contributed by atoms with Gasteiger partial charge in [0, 0.05) is 37.7 Å². The normalized spacial score (nSPS) is 23.7. The molecule has 0 bridgehead atoms. The van der Waals surface area contributed by atoms with Crippen LogP contribution in [0, 0.1) is 5.41 Å². The molecule has 10 heteroatoms. The maximum Gasteiger partial charge on any atom is 0.272 e. The van der Waals surface area contributed by atoms with Crippen LogP contribution >= 0.6 is 11.8 Å². The third-order valence-corrected chi connectivity index (χ3v) is 5.94. The van der Waals surface area contributed by atoms with Crippen molar-refractivity contribution in [3.05, 3.63) is 23.0 Å². The van der Waals surface area contributed by atoms with Gasteiger partial charge in [-0.15, -0.1) is 11.8 Å². The van der Waals surface area contributed by atoms with Gasteiger partial charge in [-0.25, -0.2) is 8.78 Å².